The predicted molar refractivity (Wildman–Crippen MR) is 56.2 cm³/mol. The molecule has 14 heavy (non-hydrogen) atoms. The van der Waals surface area contributed by atoms with Crippen LogP contribution < -0.4 is 5.32 Å². The van der Waals surface area contributed by atoms with Crippen LogP contribution in [0.1, 0.15) is 38.5 Å². The van der Waals surface area contributed by atoms with Gasteiger partial charge < -0.3 is 10.1 Å². The van der Waals surface area contributed by atoms with Gasteiger partial charge in [0, 0.05) is 0 Å². The Hall–Kier alpha value is -0.0800. The lowest BCUT2D eigenvalue weighted by atomic mass is 9.80. The smallest absolute Gasteiger partial charge is 0.0609 e. The molecule has 0 aromatic rings. The third-order valence-electron chi connectivity index (χ3n) is 4.27. The van der Waals surface area contributed by atoms with Gasteiger partial charge >= 0.3 is 0 Å². The normalized spacial score (nSPS) is 47.1. The quantitative estimate of drug-likeness (QED) is 0.727. The van der Waals surface area contributed by atoms with Crippen LogP contribution in [0, 0.1) is 11.8 Å². The number of hydrogen-bond donors (Lipinski definition) is 1. The van der Waals surface area contributed by atoms with E-state index in [0.29, 0.717) is 12.2 Å². The molecule has 3 aliphatic heterocycles. The molecule has 2 nitrogen and oxygen atoms in total. The first-order valence-electron chi connectivity index (χ1n) is 6.28. The van der Waals surface area contributed by atoms with Gasteiger partial charge in [0.1, 0.15) is 0 Å². The summed E-state index contributed by atoms with van der Waals surface area (Å²) in [6.07, 6.45) is 9.57. The standard InChI is InChI=1S/C12H21NO/c1-2-9(8-13-5-1)6-10-7-11-3-4-12(10)14-11/h9-13H,1-8H2. The third-order valence-corrected chi connectivity index (χ3v) is 4.27. The van der Waals surface area contributed by atoms with E-state index in [1.807, 2.05) is 0 Å². The molecule has 0 radical (unpaired) electrons. The largest absolute Gasteiger partial charge is 0.375 e. The van der Waals surface area contributed by atoms with Gasteiger partial charge in [-0.1, -0.05) is 0 Å². The van der Waals surface area contributed by atoms with Crippen LogP contribution in [-0.4, -0.2) is 25.3 Å². The molecule has 2 bridgehead atoms. The van der Waals surface area contributed by atoms with Gasteiger partial charge in [-0.15, -0.1) is 0 Å². The molecule has 3 rings (SSSR count). The lowest BCUT2D eigenvalue weighted by Gasteiger charge is -2.27. The first kappa shape index (κ1) is 9.17. The Morgan fingerprint density at radius 1 is 1.21 bits per heavy atom. The van der Waals surface area contributed by atoms with E-state index in [1.54, 1.807) is 0 Å². The van der Waals surface area contributed by atoms with Crippen LogP contribution in [0.5, 0.6) is 0 Å². The summed E-state index contributed by atoms with van der Waals surface area (Å²) in [6, 6.07) is 0. The molecule has 0 spiro atoms. The van der Waals surface area contributed by atoms with Crippen molar-refractivity contribution in [3.63, 3.8) is 0 Å². The number of piperidine rings is 1. The minimum atomic E-state index is 0.640. The average Bonchev–Trinajstić information content (AvgIpc) is 2.81. The Morgan fingerprint density at radius 3 is 2.86 bits per heavy atom. The molecule has 0 aromatic carbocycles. The van der Waals surface area contributed by atoms with Crippen LogP contribution >= 0.6 is 0 Å². The van der Waals surface area contributed by atoms with Gasteiger partial charge in [0.15, 0.2) is 0 Å². The molecule has 3 aliphatic rings. The highest BCUT2D eigenvalue weighted by Gasteiger charge is 2.41. The van der Waals surface area contributed by atoms with Gasteiger partial charge in [-0.05, 0) is 63.5 Å². The zero-order valence-electron chi connectivity index (χ0n) is 8.87. The molecule has 3 saturated heterocycles. The van der Waals surface area contributed by atoms with Gasteiger partial charge in [0.2, 0.25) is 0 Å². The summed E-state index contributed by atoms with van der Waals surface area (Å²) in [5.41, 5.74) is 0. The van der Waals surface area contributed by atoms with Crippen molar-refractivity contribution in [1.29, 1.82) is 0 Å². The van der Waals surface area contributed by atoms with Gasteiger partial charge in [-0.3, -0.25) is 0 Å². The van der Waals surface area contributed by atoms with Crippen LogP contribution in [-0.2, 0) is 4.74 Å². The molecule has 3 fully saturated rings. The van der Waals surface area contributed by atoms with Crippen molar-refractivity contribution >= 4 is 0 Å². The summed E-state index contributed by atoms with van der Waals surface area (Å²) in [5.74, 6) is 1.84. The van der Waals surface area contributed by atoms with E-state index < -0.39 is 0 Å². The molecular formula is C12H21NO. The highest BCUT2D eigenvalue weighted by molar-refractivity contribution is 4.90. The van der Waals surface area contributed by atoms with Crippen molar-refractivity contribution in [2.45, 2.75) is 50.7 Å². The summed E-state index contributed by atoms with van der Waals surface area (Å²) in [6.45, 7) is 2.50. The molecule has 1 N–H and O–H groups in total. The zero-order valence-corrected chi connectivity index (χ0v) is 8.87. The van der Waals surface area contributed by atoms with Crippen molar-refractivity contribution in [2.24, 2.45) is 11.8 Å². The van der Waals surface area contributed by atoms with Crippen LogP contribution in [0.25, 0.3) is 0 Å². The van der Waals surface area contributed by atoms with Gasteiger partial charge in [0.05, 0.1) is 12.2 Å². The summed E-state index contributed by atoms with van der Waals surface area (Å²) in [4.78, 5) is 0. The molecular weight excluding hydrogens is 174 g/mol. The molecule has 2 heteroatoms. The Labute approximate surface area is 86.4 Å². The van der Waals surface area contributed by atoms with Gasteiger partial charge in [0.25, 0.3) is 0 Å². The molecule has 0 amide bonds. The minimum absolute atomic E-state index is 0.640. The minimum Gasteiger partial charge on any atom is -0.375 e. The maximum atomic E-state index is 5.91. The van der Waals surface area contributed by atoms with E-state index in [0.717, 1.165) is 11.8 Å². The number of nitrogens with one attached hydrogen (secondary N) is 1. The van der Waals surface area contributed by atoms with Crippen molar-refractivity contribution in [2.75, 3.05) is 13.1 Å². The van der Waals surface area contributed by atoms with Crippen molar-refractivity contribution in [3.05, 3.63) is 0 Å². The molecule has 4 atom stereocenters. The van der Waals surface area contributed by atoms with E-state index in [1.165, 1.54) is 51.6 Å². The number of hydrogen-bond acceptors (Lipinski definition) is 2. The second kappa shape index (κ2) is 3.82. The van der Waals surface area contributed by atoms with E-state index in [9.17, 15) is 0 Å². The number of ether oxygens (including phenoxy) is 1. The van der Waals surface area contributed by atoms with Crippen LogP contribution in [0.2, 0.25) is 0 Å². The maximum absolute atomic E-state index is 5.91. The molecule has 80 valence electrons. The first-order valence-corrected chi connectivity index (χ1v) is 6.28. The molecule has 0 aliphatic carbocycles. The van der Waals surface area contributed by atoms with E-state index in [-0.39, 0.29) is 0 Å². The second-order valence-electron chi connectivity index (χ2n) is 5.32. The fourth-order valence-corrected chi connectivity index (χ4v) is 3.54. The monoisotopic (exact) mass is 195 g/mol. The Morgan fingerprint density at radius 2 is 2.21 bits per heavy atom. The first-order chi connectivity index (χ1) is 6.92. The summed E-state index contributed by atoms with van der Waals surface area (Å²) in [7, 11) is 0. The number of rotatable bonds is 2. The van der Waals surface area contributed by atoms with Crippen molar-refractivity contribution in [1.82, 2.24) is 5.32 Å². The highest BCUT2D eigenvalue weighted by atomic mass is 16.5. The SMILES string of the molecule is C1CNCC(CC2CC3CCC2O3)C1. The fraction of sp³-hybridized carbons (Fsp3) is 1.00. The highest BCUT2D eigenvalue weighted by Crippen LogP contribution is 2.42. The topological polar surface area (TPSA) is 21.3 Å². The Balaban J connectivity index is 1.52. The molecule has 0 saturated carbocycles. The van der Waals surface area contributed by atoms with Gasteiger partial charge in [-0.25, -0.2) is 0 Å². The average molecular weight is 195 g/mol. The van der Waals surface area contributed by atoms with Crippen molar-refractivity contribution in [3.8, 4) is 0 Å². The molecule has 0 aromatic heterocycles. The predicted octanol–water partition coefficient (Wildman–Crippen LogP) is 1.94. The lowest BCUT2D eigenvalue weighted by molar-refractivity contribution is 0.0873. The molecule has 4 unspecified atom stereocenters. The summed E-state index contributed by atoms with van der Waals surface area (Å²) in [5, 5.41) is 3.51. The fourth-order valence-electron chi connectivity index (χ4n) is 3.54. The van der Waals surface area contributed by atoms with Crippen LogP contribution in [0.15, 0.2) is 0 Å². The lowest BCUT2D eigenvalue weighted by Crippen LogP contribution is -2.32. The van der Waals surface area contributed by atoms with E-state index >= 15 is 0 Å². The Kier molecular flexibility index (Phi) is 2.50. The van der Waals surface area contributed by atoms with Crippen LogP contribution in [0.3, 0.4) is 0 Å². The second-order valence-corrected chi connectivity index (χ2v) is 5.32. The summed E-state index contributed by atoms with van der Waals surface area (Å²) >= 11 is 0. The van der Waals surface area contributed by atoms with Crippen molar-refractivity contribution < 1.29 is 4.74 Å². The maximum Gasteiger partial charge on any atom is 0.0609 e. The van der Waals surface area contributed by atoms with E-state index in [2.05, 4.69) is 5.32 Å². The molecule has 3 heterocycles. The van der Waals surface area contributed by atoms with Crippen LogP contribution in [0.4, 0.5) is 0 Å². The zero-order chi connectivity index (χ0) is 9.38. The number of fused-ring (bicyclic) bond motifs is 2. The third kappa shape index (κ3) is 1.70. The summed E-state index contributed by atoms with van der Waals surface area (Å²) < 4.78 is 5.91. The Bertz CT molecular complexity index is 200. The van der Waals surface area contributed by atoms with E-state index in [4.69, 9.17) is 4.74 Å². The van der Waals surface area contributed by atoms with Gasteiger partial charge in [-0.2, -0.15) is 0 Å².